The molecule has 4 nitrogen and oxygen atoms in total. The lowest BCUT2D eigenvalue weighted by atomic mass is 10.1. The fraction of sp³-hybridized carbons (Fsp3) is 0.333. The molecule has 0 saturated heterocycles. The van der Waals surface area contributed by atoms with Gasteiger partial charge in [-0.25, -0.2) is 4.98 Å². The van der Waals surface area contributed by atoms with E-state index in [1.54, 1.807) is 6.20 Å². The van der Waals surface area contributed by atoms with Crippen molar-refractivity contribution in [3.05, 3.63) is 59.3 Å². The third kappa shape index (κ3) is 2.56. The van der Waals surface area contributed by atoms with Crippen molar-refractivity contribution < 1.29 is 4.79 Å². The Morgan fingerprint density at radius 3 is 2.55 bits per heavy atom. The van der Waals surface area contributed by atoms with E-state index in [1.807, 2.05) is 43.0 Å². The van der Waals surface area contributed by atoms with Crippen molar-refractivity contribution in [1.29, 1.82) is 0 Å². The van der Waals surface area contributed by atoms with Crippen LogP contribution in [0.5, 0.6) is 0 Å². The molecular formula is C18H21N3O. The van der Waals surface area contributed by atoms with Gasteiger partial charge in [0.25, 0.3) is 5.91 Å². The summed E-state index contributed by atoms with van der Waals surface area (Å²) in [6.07, 6.45) is 1.71. The molecule has 0 spiro atoms. The highest BCUT2D eigenvalue weighted by atomic mass is 16.2. The number of benzene rings is 1. The van der Waals surface area contributed by atoms with Gasteiger partial charge in [-0.2, -0.15) is 0 Å². The molecule has 1 aliphatic heterocycles. The lowest BCUT2D eigenvalue weighted by Crippen LogP contribution is -2.30. The third-order valence-corrected chi connectivity index (χ3v) is 4.15. The zero-order valence-corrected chi connectivity index (χ0v) is 13.2. The van der Waals surface area contributed by atoms with Crippen LogP contribution in [-0.4, -0.2) is 21.8 Å². The van der Waals surface area contributed by atoms with Crippen LogP contribution in [0.15, 0.2) is 42.6 Å². The van der Waals surface area contributed by atoms with Gasteiger partial charge >= 0.3 is 0 Å². The minimum absolute atomic E-state index is 0.0998. The summed E-state index contributed by atoms with van der Waals surface area (Å²) in [5.41, 5.74) is 2.97. The van der Waals surface area contributed by atoms with Crippen LogP contribution >= 0.6 is 0 Å². The van der Waals surface area contributed by atoms with Crippen LogP contribution in [0.3, 0.4) is 0 Å². The van der Waals surface area contributed by atoms with Crippen molar-refractivity contribution in [2.75, 3.05) is 5.32 Å². The van der Waals surface area contributed by atoms with Crippen molar-refractivity contribution in [2.45, 2.75) is 39.4 Å². The van der Waals surface area contributed by atoms with Crippen LogP contribution in [-0.2, 0) is 6.54 Å². The van der Waals surface area contributed by atoms with E-state index in [0.717, 1.165) is 16.9 Å². The smallest absolute Gasteiger partial charge is 0.254 e. The van der Waals surface area contributed by atoms with Crippen LogP contribution in [0.4, 0.5) is 5.82 Å². The minimum atomic E-state index is 0.0998. The van der Waals surface area contributed by atoms with Gasteiger partial charge in [-0.05, 0) is 32.4 Å². The molecule has 2 heterocycles. The third-order valence-electron chi connectivity index (χ3n) is 4.15. The molecule has 1 aliphatic rings. The van der Waals surface area contributed by atoms with E-state index in [0.29, 0.717) is 6.54 Å². The first-order chi connectivity index (χ1) is 10.6. The largest absolute Gasteiger partial charge is 0.363 e. The van der Waals surface area contributed by atoms with Gasteiger partial charge in [-0.1, -0.05) is 30.3 Å². The lowest BCUT2D eigenvalue weighted by molar-refractivity contribution is 0.0731. The highest BCUT2D eigenvalue weighted by molar-refractivity contribution is 5.99. The molecule has 0 unspecified atom stereocenters. The van der Waals surface area contributed by atoms with Crippen molar-refractivity contribution in [1.82, 2.24) is 9.88 Å². The number of carbonyl (C=O) groups is 1. The Balaban J connectivity index is 1.87. The van der Waals surface area contributed by atoms with Crippen LogP contribution in [0.1, 0.15) is 48.3 Å². The topological polar surface area (TPSA) is 45.2 Å². The first-order valence-corrected chi connectivity index (χ1v) is 7.68. The van der Waals surface area contributed by atoms with Gasteiger partial charge in [0.1, 0.15) is 5.82 Å². The summed E-state index contributed by atoms with van der Waals surface area (Å²) < 4.78 is 0. The average molecular weight is 295 g/mol. The molecule has 2 aromatic rings. The molecule has 1 N–H and O–H groups in total. The van der Waals surface area contributed by atoms with E-state index in [4.69, 9.17) is 0 Å². The summed E-state index contributed by atoms with van der Waals surface area (Å²) in [6.45, 7) is 6.81. The average Bonchev–Trinajstić information content (AvgIpc) is 2.87. The first kappa shape index (κ1) is 14.6. The van der Waals surface area contributed by atoms with Crippen molar-refractivity contribution >= 4 is 11.7 Å². The number of carbonyl (C=O) groups excluding carboxylic acids is 1. The Morgan fingerprint density at radius 1 is 1.14 bits per heavy atom. The SMILES string of the molecule is CC(C)N1Cc2c(ccnc2N[C@@H](C)c2ccccc2)C1=O. The predicted molar refractivity (Wildman–Crippen MR) is 87.7 cm³/mol. The van der Waals surface area contributed by atoms with E-state index >= 15 is 0 Å². The Hall–Kier alpha value is -2.36. The maximum atomic E-state index is 12.4. The van der Waals surface area contributed by atoms with E-state index in [1.165, 1.54) is 5.56 Å². The van der Waals surface area contributed by atoms with Gasteiger partial charge in [0.2, 0.25) is 0 Å². The first-order valence-electron chi connectivity index (χ1n) is 7.68. The molecule has 4 heteroatoms. The highest BCUT2D eigenvalue weighted by Gasteiger charge is 2.31. The number of hydrogen-bond donors (Lipinski definition) is 1. The molecular weight excluding hydrogens is 274 g/mol. The lowest BCUT2D eigenvalue weighted by Gasteiger charge is -2.20. The van der Waals surface area contributed by atoms with E-state index < -0.39 is 0 Å². The molecule has 1 atom stereocenters. The maximum absolute atomic E-state index is 12.4. The van der Waals surface area contributed by atoms with E-state index in [2.05, 4.69) is 29.4 Å². The zero-order valence-electron chi connectivity index (χ0n) is 13.2. The molecule has 1 aromatic heterocycles. The van der Waals surface area contributed by atoms with Gasteiger partial charge in [0.05, 0.1) is 6.54 Å². The van der Waals surface area contributed by atoms with Crippen molar-refractivity contribution in [3.8, 4) is 0 Å². The second-order valence-corrected chi connectivity index (χ2v) is 5.99. The summed E-state index contributed by atoms with van der Waals surface area (Å²) in [7, 11) is 0. The standard InChI is InChI=1S/C18H21N3O/c1-12(2)21-11-16-15(18(21)22)9-10-19-17(16)20-13(3)14-7-5-4-6-8-14/h4-10,12-13H,11H2,1-3H3,(H,19,20)/t13-/m0/s1. The fourth-order valence-electron chi connectivity index (χ4n) is 2.82. The molecule has 1 aromatic carbocycles. The highest BCUT2D eigenvalue weighted by Crippen LogP contribution is 2.30. The summed E-state index contributed by atoms with van der Waals surface area (Å²) in [5, 5.41) is 3.45. The number of nitrogens with one attached hydrogen (secondary N) is 1. The second kappa shape index (κ2) is 5.79. The quantitative estimate of drug-likeness (QED) is 0.937. The number of pyridine rings is 1. The van der Waals surface area contributed by atoms with E-state index in [9.17, 15) is 4.79 Å². The van der Waals surface area contributed by atoms with Gasteiger partial charge in [0, 0.05) is 29.4 Å². The summed E-state index contributed by atoms with van der Waals surface area (Å²) in [6, 6.07) is 12.4. The number of anilines is 1. The van der Waals surface area contributed by atoms with Gasteiger partial charge in [0.15, 0.2) is 0 Å². The molecule has 114 valence electrons. The van der Waals surface area contributed by atoms with Crippen molar-refractivity contribution in [2.24, 2.45) is 0 Å². The zero-order chi connectivity index (χ0) is 15.7. The Morgan fingerprint density at radius 2 is 1.86 bits per heavy atom. The van der Waals surface area contributed by atoms with Crippen LogP contribution in [0.25, 0.3) is 0 Å². The molecule has 22 heavy (non-hydrogen) atoms. The molecule has 0 aliphatic carbocycles. The normalized spacial score (nSPS) is 15.1. The molecule has 3 rings (SSSR count). The number of aromatic nitrogens is 1. The van der Waals surface area contributed by atoms with Gasteiger partial charge in [-0.3, -0.25) is 4.79 Å². The van der Waals surface area contributed by atoms with E-state index in [-0.39, 0.29) is 18.0 Å². The molecule has 0 saturated carbocycles. The number of hydrogen-bond acceptors (Lipinski definition) is 3. The summed E-state index contributed by atoms with van der Waals surface area (Å²) in [4.78, 5) is 18.8. The summed E-state index contributed by atoms with van der Waals surface area (Å²) in [5.74, 6) is 0.910. The van der Waals surface area contributed by atoms with Crippen LogP contribution < -0.4 is 5.32 Å². The summed E-state index contributed by atoms with van der Waals surface area (Å²) >= 11 is 0. The molecule has 0 fully saturated rings. The number of nitrogens with zero attached hydrogens (tertiary/aromatic N) is 2. The second-order valence-electron chi connectivity index (χ2n) is 5.99. The Labute approximate surface area is 131 Å². The van der Waals surface area contributed by atoms with Crippen LogP contribution in [0, 0.1) is 0 Å². The minimum Gasteiger partial charge on any atom is -0.363 e. The Kier molecular flexibility index (Phi) is 3.84. The number of fused-ring (bicyclic) bond motifs is 1. The molecule has 0 bridgehead atoms. The fourth-order valence-corrected chi connectivity index (χ4v) is 2.82. The van der Waals surface area contributed by atoms with Crippen LogP contribution in [0.2, 0.25) is 0 Å². The van der Waals surface area contributed by atoms with Gasteiger partial charge < -0.3 is 10.2 Å². The Bertz CT molecular complexity index is 682. The van der Waals surface area contributed by atoms with Gasteiger partial charge in [-0.15, -0.1) is 0 Å². The maximum Gasteiger partial charge on any atom is 0.254 e. The number of rotatable bonds is 4. The monoisotopic (exact) mass is 295 g/mol. The van der Waals surface area contributed by atoms with Crippen molar-refractivity contribution in [3.63, 3.8) is 0 Å². The molecule has 0 radical (unpaired) electrons. The molecule has 1 amide bonds. The predicted octanol–water partition coefficient (Wildman–Crippen LogP) is 3.62. The number of amides is 1.